The van der Waals surface area contributed by atoms with E-state index in [1.807, 2.05) is 0 Å². The van der Waals surface area contributed by atoms with Crippen molar-refractivity contribution in [1.29, 1.82) is 0 Å². The molecule has 0 aliphatic heterocycles. The van der Waals surface area contributed by atoms with Crippen molar-refractivity contribution in [3.63, 3.8) is 0 Å². The molecule has 0 heterocycles. The highest BCUT2D eigenvalue weighted by atomic mass is 16.5. The second kappa shape index (κ2) is 5.86. The van der Waals surface area contributed by atoms with Gasteiger partial charge in [0.05, 0.1) is 18.7 Å². The van der Waals surface area contributed by atoms with E-state index in [0.29, 0.717) is 24.7 Å². The Bertz CT molecular complexity index is 184. The Balaban J connectivity index is 2.28. The number of nitrogens with zero attached hydrogens (tertiary/aromatic N) is 1. The van der Waals surface area contributed by atoms with Gasteiger partial charge in [-0.25, -0.2) is 0 Å². The van der Waals surface area contributed by atoms with Crippen LogP contribution in [-0.4, -0.2) is 31.8 Å². The average Bonchev–Trinajstić information content (AvgIpc) is 2.89. The first-order valence-corrected chi connectivity index (χ1v) is 5.35. The van der Waals surface area contributed by atoms with Gasteiger partial charge in [-0.05, 0) is 19.3 Å². The molecule has 1 rings (SSSR count). The van der Waals surface area contributed by atoms with E-state index in [1.54, 1.807) is 7.11 Å². The predicted octanol–water partition coefficient (Wildman–Crippen LogP) is 0.868. The number of rotatable bonds is 6. The topological polar surface area (TPSA) is 59.6 Å². The van der Waals surface area contributed by atoms with Gasteiger partial charge >= 0.3 is 0 Å². The summed E-state index contributed by atoms with van der Waals surface area (Å²) in [6.07, 6.45) is 4.56. The number of aliphatic imine (C=N–C) groups is 1. The molecule has 0 spiro atoms. The second-order valence-corrected chi connectivity index (χ2v) is 3.83. The quantitative estimate of drug-likeness (QED) is 0.493. The van der Waals surface area contributed by atoms with Crippen LogP contribution in [0.3, 0.4) is 0 Å². The minimum atomic E-state index is 0.299. The summed E-state index contributed by atoms with van der Waals surface area (Å²) in [6.45, 7) is 2.84. The summed E-state index contributed by atoms with van der Waals surface area (Å²) in [6, 6.07) is 0.778. The highest BCUT2D eigenvalue weighted by molar-refractivity contribution is 5.78. The van der Waals surface area contributed by atoms with Crippen molar-refractivity contribution < 1.29 is 4.74 Å². The summed E-state index contributed by atoms with van der Waals surface area (Å²) in [5.74, 6) is 0.572. The summed E-state index contributed by atoms with van der Waals surface area (Å²) >= 11 is 0. The SMILES string of the molecule is CCCC(COC)NC(N)=NC1CC1. The molecule has 82 valence electrons. The van der Waals surface area contributed by atoms with Crippen molar-refractivity contribution in [2.75, 3.05) is 13.7 Å². The standard InChI is InChI=1S/C10H21N3O/c1-3-4-9(7-14-2)13-10(11)12-8-5-6-8/h8-9H,3-7H2,1-2H3,(H3,11,12,13). The molecule has 4 nitrogen and oxygen atoms in total. The van der Waals surface area contributed by atoms with E-state index in [2.05, 4.69) is 17.2 Å². The molecule has 0 amide bonds. The zero-order chi connectivity index (χ0) is 10.4. The van der Waals surface area contributed by atoms with Crippen molar-refractivity contribution in [3.05, 3.63) is 0 Å². The molecule has 1 fully saturated rings. The summed E-state index contributed by atoms with van der Waals surface area (Å²) < 4.78 is 5.10. The lowest BCUT2D eigenvalue weighted by Crippen LogP contribution is -2.42. The van der Waals surface area contributed by atoms with Crippen LogP contribution in [0, 0.1) is 0 Å². The van der Waals surface area contributed by atoms with E-state index in [9.17, 15) is 0 Å². The summed E-state index contributed by atoms with van der Waals surface area (Å²) in [7, 11) is 1.71. The van der Waals surface area contributed by atoms with Gasteiger partial charge in [0.2, 0.25) is 0 Å². The van der Waals surface area contributed by atoms with Crippen LogP contribution < -0.4 is 11.1 Å². The van der Waals surface area contributed by atoms with E-state index < -0.39 is 0 Å². The third kappa shape index (κ3) is 4.46. The Labute approximate surface area is 85.9 Å². The first-order chi connectivity index (χ1) is 6.76. The number of hydrogen-bond donors (Lipinski definition) is 2. The average molecular weight is 199 g/mol. The van der Waals surface area contributed by atoms with Gasteiger partial charge < -0.3 is 15.8 Å². The molecule has 4 heteroatoms. The van der Waals surface area contributed by atoms with Crippen LogP contribution in [0.25, 0.3) is 0 Å². The van der Waals surface area contributed by atoms with E-state index in [4.69, 9.17) is 10.5 Å². The summed E-state index contributed by atoms with van der Waals surface area (Å²) in [5.41, 5.74) is 5.76. The number of guanidine groups is 1. The van der Waals surface area contributed by atoms with Crippen molar-refractivity contribution in [1.82, 2.24) is 5.32 Å². The molecule has 0 bridgehead atoms. The zero-order valence-corrected chi connectivity index (χ0v) is 9.12. The first-order valence-electron chi connectivity index (χ1n) is 5.35. The fraction of sp³-hybridized carbons (Fsp3) is 0.900. The Morgan fingerprint density at radius 1 is 1.64 bits per heavy atom. The molecule has 1 saturated carbocycles. The lowest BCUT2D eigenvalue weighted by Gasteiger charge is -2.17. The van der Waals surface area contributed by atoms with Gasteiger partial charge in [0.25, 0.3) is 0 Å². The zero-order valence-electron chi connectivity index (χ0n) is 9.12. The molecule has 14 heavy (non-hydrogen) atoms. The molecule has 1 atom stereocenters. The number of hydrogen-bond acceptors (Lipinski definition) is 2. The maximum atomic E-state index is 5.76. The van der Waals surface area contributed by atoms with Gasteiger partial charge in [0.15, 0.2) is 5.96 Å². The smallest absolute Gasteiger partial charge is 0.189 e. The van der Waals surface area contributed by atoms with Crippen LogP contribution >= 0.6 is 0 Å². The number of methoxy groups -OCH3 is 1. The van der Waals surface area contributed by atoms with Crippen molar-refractivity contribution in [3.8, 4) is 0 Å². The minimum absolute atomic E-state index is 0.299. The minimum Gasteiger partial charge on any atom is -0.383 e. The first kappa shape index (κ1) is 11.3. The Morgan fingerprint density at radius 3 is 2.86 bits per heavy atom. The van der Waals surface area contributed by atoms with Gasteiger partial charge in [-0.1, -0.05) is 13.3 Å². The number of nitrogens with two attached hydrogens (primary N) is 1. The fourth-order valence-corrected chi connectivity index (χ4v) is 1.39. The molecule has 1 unspecified atom stereocenters. The molecule has 0 radical (unpaired) electrons. The van der Waals surface area contributed by atoms with Crippen molar-refractivity contribution in [2.24, 2.45) is 10.7 Å². The molecular weight excluding hydrogens is 178 g/mol. The van der Waals surface area contributed by atoms with Gasteiger partial charge in [-0.2, -0.15) is 0 Å². The lowest BCUT2D eigenvalue weighted by atomic mass is 10.2. The largest absolute Gasteiger partial charge is 0.383 e. The van der Waals surface area contributed by atoms with E-state index >= 15 is 0 Å². The van der Waals surface area contributed by atoms with Gasteiger partial charge in [0.1, 0.15) is 0 Å². The maximum Gasteiger partial charge on any atom is 0.189 e. The van der Waals surface area contributed by atoms with E-state index in [-0.39, 0.29) is 0 Å². The normalized spacial score (nSPS) is 19.4. The Kier molecular flexibility index (Phi) is 4.73. The van der Waals surface area contributed by atoms with E-state index in [0.717, 1.165) is 12.8 Å². The third-order valence-electron chi connectivity index (χ3n) is 2.23. The summed E-state index contributed by atoms with van der Waals surface area (Å²) in [5, 5.41) is 3.19. The van der Waals surface area contributed by atoms with Crippen LogP contribution in [0.15, 0.2) is 4.99 Å². The van der Waals surface area contributed by atoms with Gasteiger partial charge in [0, 0.05) is 7.11 Å². The molecule has 3 N–H and O–H groups in total. The van der Waals surface area contributed by atoms with Gasteiger partial charge in [-0.3, -0.25) is 4.99 Å². The highest BCUT2D eigenvalue weighted by Crippen LogP contribution is 2.22. The fourth-order valence-electron chi connectivity index (χ4n) is 1.39. The molecule has 1 aliphatic rings. The maximum absolute atomic E-state index is 5.76. The van der Waals surface area contributed by atoms with E-state index in [1.165, 1.54) is 12.8 Å². The highest BCUT2D eigenvalue weighted by Gasteiger charge is 2.20. The molecule has 0 aromatic heterocycles. The molecule has 0 aromatic rings. The predicted molar refractivity (Wildman–Crippen MR) is 58.4 cm³/mol. The van der Waals surface area contributed by atoms with Crippen molar-refractivity contribution >= 4 is 5.96 Å². The number of nitrogens with one attached hydrogen (secondary N) is 1. The van der Waals surface area contributed by atoms with Crippen LogP contribution in [0.1, 0.15) is 32.6 Å². The van der Waals surface area contributed by atoms with Crippen LogP contribution in [0.2, 0.25) is 0 Å². The third-order valence-corrected chi connectivity index (χ3v) is 2.23. The van der Waals surface area contributed by atoms with Crippen LogP contribution in [0.5, 0.6) is 0 Å². The molecular formula is C10H21N3O. The number of ether oxygens (including phenoxy) is 1. The van der Waals surface area contributed by atoms with Gasteiger partial charge in [-0.15, -0.1) is 0 Å². The monoisotopic (exact) mass is 199 g/mol. The Morgan fingerprint density at radius 2 is 2.36 bits per heavy atom. The second-order valence-electron chi connectivity index (χ2n) is 3.83. The van der Waals surface area contributed by atoms with Crippen LogP contribution in [-0.2, 0) is 4.74 Å². The summed E-state index contributed by atoms with van der Waals surface area (Å²) in [4.78, 5) is 4.32. The molecule has 0 aromatic carbocycles. The van der Waals surface area contributed by atoms with Crippen molar-refractivity contribution in [2.45, 2.75) is 44.7 Å². The molecule has 1 aliphatic carbocycles. The lowest BCUT2D eigenvalue weighted by molar-refractivity contribution is 0.169. The molecule has 0 saturated heterocycles. The Hall–Kier alpha value is -0.770. The van der Waals surface area contributed by atoms with Crippen LogP contribution in [0.4, 0.5) is 0 Å².